The van der Waals surface area contributed by atoms with Crippen LogP contribution in [-0.2, 0) is 0 Å². The number of rotatable bonds is 34. The molecule has 0 saturated carbocycles. The van der Waals surface area contributed by atoms with Gasteiger partial charge in [0.1, 0.15) is 0 Å². The molecule has 0 N–H and O–H groups in total. The van der Waals surface area contributed by atoms with Gasteiger partial charge in [-0.1, -0.05) is 205 Å². The zero-order valence-electron chi connectivity index (χ0n) is 19.7. The van der Waals surface area contributed by atoms with Crippen molar-refractivity contribution >= 4 is 239 Å². The Morgan fingerprint density at radius 2 is 0.568 bits per heavy atom. The molecule has 0 fully saturated rings. The van der Waals surface area contributed by atoms with E-state index in [-0.39, 0.29) is 0 Å². The van der Waals surface area contributed by atoms with Gasteiger partial charge in [-0.25, -0.2) is 0 Å². The van der Waals surface area contributed by atoms with E-state index in [1.807, 2.05) is 204 Å². The van der Waals surface area contributed by atoms with Crippen LogP contribution in [0.25, 0.3) is 0 Å². The van der Waals surface area contributed by atoms with E-state index >= 15 is 0 Å². The van der Waals surface area contributed by atoms with E-state index in [4.69, 9.17) is 0 Å². The van der Waals surface area contributed by atoms with Crippen LogP contribution in [0.5, 0.6) is 0 Å². The van der Waals surface area contributed by atoms with Crippen molar-refractivity contribution in [1.29, 1.82) is 0 Å². The second kappa shape index (κ2) is 43.7. The normalized spacial score (nSPS) is 11.5. The van der Waals surface area contributed by atoms with E-state index in [9.17, 15) is 0 Å². The minimum Gasteiger partial charge on any atom is -0.167 e. The van der Waals surface area contributed by atoms with Crippen molar-refractivity contribution in [3.63, 3.8) is 0 Å². The molecule has 0 aliphatic carbocycles. The minimum absolute atomic E-state index is 0.913. The SMILES string of the molecule is SCSSCCSSCSSCCSSCCSSCSSCCSSCSSSCSSCCSS. The average Bonchev–Trinajstić information content (AvgIpc) is 2.91. The summed E-state index contributed by atoms with van der Waals surface area (Å²) in [5, 5.41) is 5.62. The summed E-state index contributed by atoms with van der Waals surface area (Å²) < 4.78 is 0. The van der Waals surface area contributed by atoms with E-state index in [1.54, 1.807) is 10.8 Å². The van der Waals surface area contributed by atoms with Crippen molar-refractivity contribution in [2.24, 2.45) is 0 Å². The third-order valence-electron chi connectivity index (χ3n) is 2.46. The van der Waals surface area contributed by atoms with E-state index in [0.717, 1.165) is 15.9 Å². The van der Waals surface area contributed by atoms with Gasteiger partial charge < -0.3 is 0 Å². The third kappa shape index (κ3) is 43.7. The van der Waals surface area contributed by atoms with Gasteiger partial charge in [0.05, 0.1) is 20.3 Å². The fourth-order valence-electron chi connectivity index (χ4n) is 1.27. The van der Waals surface area contributed by atoms with Crippen molar-refractivity contribution in [3.8, 4) is 0 Å². The van der Waals surface area contributed by atoms with Gasteiger partial charge in [-0.05, 0) is 9.83 Å². The first-order chi connectivity index (χ1) is 18.4. The molecule has 0 aromatic heterocycles. The van der Waals surface area contributed by atoms with E-state index in [1.165, 1.54) is 67.0 Å². The number of hydrogen-bond acceptors (Lipinski definition) is 22. The molecule has 0 unspecified atom stereocenters. The Balaban J connectivity index is 3.00. The predicted octanol–water partition coefficient (Wildman–Crippen LogP) is 14.4. The summed E-state index contributed by atoms with van der Waals surface area (Å²) in [7, 11) is 39.4. The summed E-state index contributed by atoms with van der Waals surface area (Å²) in [5.74, 6) is 12.3. The molecule has 0 amide bonds. The van der Waals surface area contributed by atoms with Crippen LogP contribution in [0, 0.1) is 0 Å². The summed E-state index contributed by atoms with van der Waals surface area (Å²) in [6, 6.07) is 0. The first kappa shape index (κ1) is 44.7. The van der Waals surface area contributed by atoms with Gasteiger partial charge >= 0.3 is 0 Å². The van der Waals surface area contributed by atoms with Crippen LogP contribution in [0.15, 0.2) is 0 Å². The van der Waals surface area contributed by atoms with Gasteiger partial charge in [0.25, 0.3) is 0 Å². The van der Waals surface area contributed by atoms with Crippen molar-refractivity contribution < 1.29 is 0 Å². The first-order valence-corrected chi connectivity index (χ1v) is 36.5. The second-order valence-corrected chi connectivity index (χ2v) is 33.6. The molecule has 0 spiro atoms. The predicted molar refractivity (Wildman–Crippen MR) is 243 cm³/mol. The Morgan fingerprint density at radius 3 is 0.892 bits per heavy atom. The van der Waals surface area contributed by atoms with Crippen LogP contribution in [0.3, 0.4) is 0 Å². The van der Waals surface area contributed by atoms with Crippen LogP contribution in [0.1, 0.15) is 0 Å². The smallest absolute Gasteiger partial charge is 0.0608 e. The quantitative estimate of drug-likeness (QED) is 0.0272. The summed E-state index contributed by atoms with van der Waals surface area (Å²) in [6.45, 7) is 0. The molecule has 22 heteroatoms. The highest BCUT2D eigenvalue weighted by Crippen LogP contribution is 2.43. The van der Waals surface area contributed by atoms with Crippen LogP contribution in [0.2, 0.25) is 0 Å². The van der Waals surface area contributed by atoms with Gasteiger partial charge in [0.2, 0.25) is 0 Å². The average molecular weight is 918 g/mol. The molecule has 0 nitrogen and oxygen atoms in total. The highest BCUT2D eigenvalue weighted by atomic mass is 33.5. The highest BCUT2D eigenvalue weighted by molar-refractivity contribution is 9.11. The molecule has 0 aliphatic rings. The topological polar surface area (TPSA) is 0 Å². The summed E-state index contributed by atoms with van der Waals surface area (Å²) in [6.07, 6.45) is 0. The molecule has 37 heavy (non-hydrogen) atoms. The Morgan fingerprint density at radius 1 is 0.297 bits per heavy atom. The van der Waals surface area contributed by atoms with Gasteiger partial charge in [-0.3, -0.25) is 0 Å². The lowest BCUT2D eigenvalue weighted by atomic mass is 11.0. The lowest BCUT2D eigenvalue weighted by Crippen LogP contribution is -1.82. The summed E-state index contributed by atoms with van der Waals surface area (Å²) in [5.41, 5.74) is 0. The molecule has 0 bridgehead atoms. The molecule has 224 valence electrons. The van der Waals surface area contributed by atoms with E-state index in [2.05, 4.69) is 24.3 Å². The molecule has 0 aromatic carbocycles. The van der Waals surface area contributed by atoms with Crippen molar-refractivity contribution in [3.05, 3.63) is 0 Å². The molecule has 0 atom stereocenters. The Bertz CT molecular complexity index is 361. The lowest BCUT2D eigenvalue weighted by molar-refractivity contribution is 1.57. The van der Waals surface area contributed by atoms with Gasteiger partial charge in [-0.2, -0.15) is 12.6 Å². The Kier molecular flexibility index (Phi) is 52.8. The maximum absolute atomic E-state index is 4.20. The Labute approximate surface area is 316 Å². The third-order valence-corrected chi connectivity index (χ3v) is 31.7. The Hall–Kier alpha value is 7.70. The molecular weight excluding hydrogens is 886 g/mol. The fraction of sp³-hybridized carbons (Fsp3) is 1.00. The van der Waals surface area contributed by atoms with Gasteiger partial charge in [0, 0.05) is 62.6 Å². The maximum Gasteiger partial charge on any atom is 0.0608 e. The standard InChI is InChI=1S/C15H32S22/c16-11-28-21-5-8-25-31-12-29-23-6-3-19-20-4-7-24-30-13-32-26-9-10-27-34-15-36-37-35-14-33-22-2-1-18-17/h16-17H,1-15H2. The highest BCUT2D eigenvalue weighted by Gasteiger charge is 1.99. The summed E-state index contributed by atoms with van der Waals surface area (Å²) >= 11 is 8.36. The maximum atomic E-state index is 4.20. The molecule has 0 heterocycles. The minimum atomic E-state index is 0.913. The largest absolute Gasteiger partial charge is 0.167 e. The first-order valence-electron chi connectivity index (χ1n) is 10.2. The van der Waals surface area contributed by atoms with Crippen LogP contribution < -0.4 is 0 Å². The van der Waals surface area contributed by atoms with Gasteiger partial charge in [-0.15, -0.1) is 11.7 Å². The fourth-order valence-corrected chi connectivity index (χ4v) is 31.0. The van der Waals surface area contributed by atoms with E-state index < -0.39 is 0 Å². The second-order valence-electron chi connectivity index (χ2n) is 4.96. The van der Waals surface area contributed by atoms with Crippen molar-refractivity contribution in [2.75, 3.05) is 83.0 Å². The zero-order chi connectivity index (χ0) is 26.7. The molecular formula is C15H32S22. The van der Waals surface area contributed by atoms with Crippen molar-refractivity contribution in [1.82, 2.24) is 0 Å². The summed E-state index contributed by atoms with van der Waals surface area (Å²) in [4.78, 5) is 0. The van der Waals surface area contributed by atoms with E-state index in [0.29, 0.717) is 0 Å². The number of thiol groups is 2. The molecule has 0 saturated heterocycles. The molecule has 0 aliphatic heterocycles. The zero-order valence-corrected chi connectivity index (χ0v) is 37.8. The lowest BCUT2D eigenvalue weighted by Gasteiger charge is -2.03. The van der Waals surface area contributed by atoms with Crippen molar-refractivity contribution in [2.45, 2.75) is 0 Å². The number of hydrogen-bond donors (Lipinski definition) is 2. The molecule has 0 aromatic rings. The van der Waals surface area contributed by atoms with Crippen LogP contribution in [0.4, 0.5) is 0 Å². The monoisotopic (exact) mass is 916 g/mol. The molecule has 0 radical (unpaired) electrons. The van der Waals surface area contributed by atoms with Crippen LogP contribution in [-0.4, -0.2) is 83.0 Å². The van der Waals surface area contributed by atoms with Crippen LogP contribution >= 0.6 is 239 Å². The molecule has 0 rings (SSSR count). The van der Waals surface area contributed by atoms with Gasteiger partial charge in [0.15, 0.2) is 0 Å².